The van der Waals surface area contributed by atoms with Crippen LogP contribution >= 0.6 is 0 Å². The van der Waals surface area contributed by atoms with Gasteiger partial charge < -0.3 is 49.6 Å². The van der Waals surface area contributed by atoms with Crippen molar-refractivity contribution in [2.24, 2.45) is 28.6 Å². The molecule has 11 heteroatoms. The summed E-state index contributed by atoms with van der Waals surface area (Å²) in [6.45, 7) is 3.61. The summed E-state index contributed by atoms with van der Waals surface area (Å²) in [4.78, 5) is 24.8. The Morgan fingerprint density at radius 3 is 2.42 bits per heavy atom. The largest absolute Gasteiger partial charge is 0.458 e. The van der Waals surface area contributed by atoms with Crippen molar-refractivity contribution in [2.75, 3.05) is 6.61 Å². The number of carbonyl (C=O) groups excluding carboxylic acids is 2. The van der Waals surface area contributed by atoms with E-state index in [-0.39, 0.29) is 44.1 Å². The van der Waals surface area contributed by atoms with Gasteiger partial charge in [0.2, 0.25) is 0 Å². The molecule has 0 radical (unpaired) electrons. The highest BCUT2D eigenvalue weighted by atomic mass is 16.7. The molecule has 14 atom stereocenters. The normalized spacial score (nSPS) is 56.0. The molecular weight excluding hydrogens is 524 g/mol. The molecule has 4 aliphatic carbocycles. The van der Waals surface area contributed by atoms with E-state index in [2.05, 4.69) is 0 Å². The smallest absolute Gasteiger partial charge is 0.331 e. The number of hydrogen-bond acceptors (Lipinski definition) is 11. The molecule has 5 fully saturated rings. The Labute approximate surface area is 233 Å². The zero-order valence-electron chi connectivity index (χ0n) is 23.0. The predicted molar refractivity (Wildman–Crippen MR) is 136 cm³/mol. The monoisotopic (exact) mass is 566 g/mol. The van der Waals surface area contributed by atoms with Crippen LogP contribution in [0.15, 0.2) is 11.6 Å². The van der Waals surface area contributed by atoms with Crippen molar-refractivity contribution in [1.29, 1.82) is 0 Å². The lowest BCUT2D eigenvalue weighted by Crippen LogP contribution is -2.71. The minimum atomic E-state index is -1.47. The van der Waals surface area contributed by atoms with Crippen LogP contribution in [-0.2, 0) is 23.8 Å². The summed E-state index contributed by atoms with van der Waals surface area (Å²) >= 11 is 0. The van der Waals surface area contributed by atoms with Crippen LogP contribution in [0.5, 0.6) is 0 Å². The molecular formula is C29H42O11. The first-order valence-corrected chi connectivity index (χ1v) is 14.6. The number of hydrogen-bond donors (Lipinski definition) is 6. The number of cyclic esters (lactones) is 1. The van der Waals surface area contributed by atoms with Gasteiger partial charge in [-0.2, -0.15) is 0 Å². The third-order valence-electron chi connectivity index (χ3n) is 12.1. The highest BCUT2D eigenvalue weighted by Gasteiger charge is 2.74. The van der Waals surface area contributed by atoms with E-state index in [9.17, 15) is 40.2 Å². The van der Waals surface area contributed by atoms with Gasteiger partial charge in [-0.3, -0.25) is 0 Å². The molecule has 0 aromatic rings. The third kappa shape index (κ3) is 3.71. The van der Waals surface area contributed by atoms with Gasteiger partial charge in [-0.05, 0) is 75.2 Å². The number of fused-ring (bicyclic) bond motifs is 5. The van der Waals surface area contributed by atoms with E-state index in [1.807, 2.05) is 6.92 Å². The molecule has 6 rings (SSSR count). The van der Waals surface area contributed by atoms with Gasteiger partial charge in [0.1, 0.15) is 31.2 Å². The van der Waals surface area contributed by atoms with Gasteiger partial charge in [-0.15, -0.1) is 0 Å². The molecule has 11 nitrogen and oxygen atoms in total. The SMILES string of the molecule is C[C@H]1O[C@@H](O[C@H]2CC[C@]3(C=O)[C@H]4C[C@@H](O)[C@]5(C)[C@H](C6=CC(=O)OC6)CC[C@]5(O)[C@H]4CC[C@]3(O)C2)[C@H](O)[C@H](O)[C@@H]1O. The van der Waals surface area contributed by atoms with Gasteiger partial charge >= 0.3 is 5.97 Å². The minimum absolute atomic E-state index is 0.0926. The molecule has 0 spiro atoms. The number of carbonyl (C=O) groups is 2. The standard InChI is InChI=1S/C29H42O11/c1-14-22(33)23(34)24(35)25(39-14)40-16-3-6-27(13-30)19-10-20(31)26(2)17(15-9-21(32)38-12-15)5-8-29(26,37)18(19)4-7-28(27,36)11-16/h9,13-14,16-20,22-25,31,33-37H,3-8,10-12H2,1-2H3/t14-,16+,17+,18+,19+,20-,22-,23-,24-,25+,26+,27+,28+,29+/m1/s1. The lowest BCUT2D eigenvalue weighted by atomic mass is 9.41. The van der Waals surface area contributed by atoms with Crippen molar-refractivity contribution in [1.82, 2.24) is 0 Å². The van der Waals surface area contributed by atoms with Gasteiger partial charge in [0, 0.05) is 17.9 Å². The van der Waals surface area contributed by atoms with Crippen LogP contribution in [0.1, 0.15) is 65.2 Å². The van der Waals surface area contributed by atoms with E-state index >= 15 is 0 Å². The van der Waals surface area contributed by atoms with E-state index in [1.165, 1.54) is 6.08 Å². The lowest BCUT2D eigenvalue weighted by molar-refractivity contribution is -0.319. The third-order valence-corrected chi connectivity index (χ3v) is 12.1. The first-order valence-electron chi connectivity index (χ1n) is 14.6. The maximum atomic E-state index is 13.0. The fourth-order valence-corrected chi connectivity index (χ4v) is 9.74. The second kappa shape index (κ2) is 9.54. The molecule has 6 N–H and O–H groups in total. The Balaban J connectivity index is 1.25. The summed E-state index contributed by atoms with van der Waals surface area (Å²) < 4.78 is 16.8. The van der Waals surface area contributed by atoms with Crippen LogP contribution in [0, 0.1) is 28.6 Å². The van der Waals surface area contributed by atoms with Crippen LogP contribution in [0.2, 0.25) is 0 Å². The zero-order valence-corrected chi connectivity index (χ0v) is 23.0. The molecule has 0 unspecified atom stereocenters. The van der Waals surface area contributed by atoms with Crippen LogP contribution in [0.25, 0.3) is 0 Å². The van der Waals surface area contributed by atoms with Gasteiger partial charge in [0.25, 0.3) is 0 Å². The molecule has 0 aromatic heterocycles. The van der Waals surface area contributed by atoms with E-state index in [1.54, 1.807) is 6.92 Å². The second-order valence-electron chi connectivity index (χ2n) is 13.5. The van der Waals surface area contributed by atoms with Crippen LogP contribution < -0.4 is 0 Å². The van der Waals surface area contributed by atoms with Crippen LogP contribution in [0.4, 0.5) is 0 Å². The zero-order chi connectivity index (χ0) is 28.8. The van der Waals surface area contributed by atoms with Gasteiger partial charge in [-0.1, -0.05) is 6.92 Å². The Bertz CT molecular complexity index is 1080. The summed E-state index contributed by atoms with van der Waals surface area (Å²) in [6, 6.07) is 0. The van der Waals surface area contributed by atoms with Crippen molar-refractivity contribution in [2.45, 2.75) is 119 Å². The molecule has 2 heterocycles. The quantitative estimate of drug-likeness (QED) is 0.149. The summed E-state index contributed by atoms with van der Waals surface area (Å²) in [6.07, 6.45) is -2.70. The summed E-state index contributed by atoms with van der Waals surface area (Å²) in [5.74, 6) is -1.42. The molecule has 0 bridgehead atoms. The van der Waals surface area contributed by atoms with E-state index in [0.717, 1.165) is 11.9 Å². The number of aliphatic hydroxyl groups is 6. The van der Waals surface area contributed by atoms with Crippen LogP contribution in [0.3, 0.4) is 0 Å². The summed E-state index contributed by atoms with van der Waals surface area (Å²) in [5.41, 5.74) is -4.09. The number of esters is 1. The number of ether oxygens (including phenoxy) is 3. The molecule has 40 heavy (non-hydrogen) atoms. The first-order chi connectivity index (χ1) is 18.8. The average molecular weight is 567 g/mol. The Morgan fingerprint density at radius 1 is 1.00 bits per heavy atom. The predicted octanol–water partition coefficient (Wildman–Crippen LogP) is -0.279. The highest BCUT2D eigenvalue weighted by Crippen LogP contribution is 2.70. The van der Waals surface area contributed by atoms with Gasteiger partial charge in [0.15, 0.2) is 6.29 Å². The average Bonchev–Trinajstić information content (AvgIpc) is 3.46. The van der Waals surface area contributed by atoms with Crippen molar-refractivity contribution in [3.05, 3.63) is 11.6 Å². The Morgan fingerprint density at radius 2 is 1.75 bits per heavy atom. The second-order valence-corrected chi connectivity index (χ2v) is 13.5. The number of rotatable bonds is 4. The molecule has 0 amide bonds. The van der Waals surface area contributed by atoms with Gasteiger partial charge in [-0.25, -0.2) is 4.79 Å². The van der Waals surface area contributed by atoms with Crippen molar-refractivity contribution < 1.29 is 54.4 Å². The minimum Gasteiger partial charge on any atom is -0.458 e. The fourth-order valence-electron chi connectivity index (χ4n) is 9.74. The lowest BCUT2D eigenvalue weighted by Gasteiger charge is -2.66. The Kier molecular flexibility index (Phi) is 6.83. The number of aliphatic hydroxyl groups excluding tert-OH is 4. The Hall–Kier alpha value is -1.44. The maximum absolute atomic E-state index is 13.0. The summed E-state index contributed by atoms with van der Waals surface area (Å²) in [5, 5.41) is 66.7. The van der Waals surface area contributed by atoms with E-state index in [4.69, 9.17) is 14.2 Å². The molecule has 2 aliphatic heterocycles. The molecule has 4 saturated carbocycles. The molecule has 224 valence electrons. The topological polar surface area (TPSA) is 183 Å². The van der Waals surface area contributed by atoms with Crippen molar-refractivity contribution in [3.63, 3.8) is 0 Å². The molecule has 1 saturated heterocycles. The maximum Gasteiger partial charge on any atom is 0.331 e. The summed E-state index contributed by atoms with van der Waals surface area (Å²) in [7, 11) is 0. The fraction of sp³-hybridized carbons (Fsp3) is 0.862. The highest BCUT2D eigenvalue weighted by molar-refractivity contribution is 5.85. The van der Waals surface area contributed by atoms with E-state index < -0.39 is 76.8 Å². The van der Waals surface area contributed by atoms with Crippen molar-refractivity contribution in [3.8, 4) is 0 Å². The van der Waals surface area contributed by atoms with Crippen LogP contribution in [-0.4, -0.2) is 104 Å². The number of aldehydes is 1. The first kappa shape index (κ1) is 28.7. The van der Waals surface area contributed by atoms with Crippen molar-refractivity contribution >= 4 is 12.3 Å². The molecule has 6 aliphatic rings. The molecule has 0 aromatic carbocycles. The van der Waals surface area contributed by atoms with Gasteiger partial charge in [0.05, 0.1) is 34.9 Å². The van der Waals surface area contributed by atoms with E-state index in [0.29, 0.717) is 25.7 Å².